The number of aliphatic hydroxyl groups excluding tert-OH is 1. The van der Waals surface area contributed by atoms with Crippen molar-refractivity contribution in [1.82, 2.24) is 0 Å². The lowest BCUT2D eigenvalue weighted by Crippen LogP contribution is -2.12. The molecule has 0 aliphatic carbocycles. The summed E-state index contributed by atoms with van der Waals surface area (Å²) in [4.78, 5) is 10.3. The summed E-state index contributed by atoms with van der Waals surface area (Å²) < 4.78 is 30.7. The van der Waals surface area contributed by atoms with Gasteiger partial charge in [-0.1, -0.05) is 0 Å². The van der Waals surface area contributed by atoms with Gasteiger partial charge in [0.15, 0.2) is 17.7 Å². The summed E-state index contributed by atoms with van der Waals surface area (Å²) in [6, 6.07) is 1.27. The second kappa shape index (κ2) is 4.22. The van der Waals surface area contributed by atoms with Gasteiger partial charge in [0.25, 0.3) is 0 Å². The molecule has 0 saturated carbocycles. The Balaban J connectivity index is 3.21. The SMILES string of the molecule is COc1cc(F)c([C@@H](O)C(=O)O)cc1F. The van der Waals surface area contributed by atoms with Crippen molar-refractivity contribution < 1.29 is 28.5 Å². The van der Waals surface area contributed by atoms with Crippen LogP contribution in [-0.2, 0) is 4.79 Å². The molecule has 1 rings (SSSR count). The third-order valence-electron chi connectivity index (χ3n) is 1.80. The average Bonchev–Trinajstić information content (AvgIpc) is 2.19. The molecule has 0 aliphatic heterocycles. The Kier molecular flexibility index (Phi) is 3.21. The minimum atomic E-state index is -2.09. The van der Waals surface area contributed by atoms with Crippen LogP contribution in [0.1, 0.15) is 11.7 Å². The lowest BCUT2D eigenvalue weighted by molar-refractivity contribution is -0.147. The predicted molar refractivity (Wildman–Crippen MR) is 45.5 cm³/mol. The van der Waals surface area contributed by atoms with E-state index in [1.165, 1.54) is 0 Å². The van der Waals surface area contributed by atoms with Gasteiger partial charge in [-0.2, -0.15) is 0 Å². The molecule has 15 heavy (non-hydrogen) atoms. The van der Waals surface area contributed by atoms with E-state index in [4.69, 9.17) is 10.2 Å². The number of hydrogen-bond acceptors (Lipinski definition) is 3. The first-order valence-electron chi connectivity index (χ1n) is 3.91. The second-order valence-corrected chi connectivity index (χ2v) is 2.75. The molecule has 6 heteroatoms. The Bertz CT molecular complexity index is 392. The van der Waals surface area contributed by atoms with Crippen LogP contribution in [0, 0.1) is 11.6 Å². The summed E-state index contributed by atoms with van der Waals surface area (Å²) in [5.41, 5.74) is -0.638. The van der Waals surface area contributed by atoms with E-state index in [9.17, 15) is 13.6 Å². The first-order valence-corrected chi connectivity index (χ1v) is 3.91. The molecule has 82 valence electrons. The van der Waals surface area contributed by atoms with Crippen LogP contribution >= 0.6 is 0 Å². The van der Waals surface area contributed by atoms with E-state index < -0.39 is 29.3 Å². The van der Waals surface area contributed by atoms with E-state index in [1.807, 2.05) is 0 Å². The summed E-state index contributed by atoms with van der Waals surface area (Å²) in [5, 5.41) is 17.4. The fourth-order valence-corrected chi connectivity index (χ4v) is 1.04. The van der Waals surface area contributed by atoms with Crippen molar-refractivity contribution in [3.05, 3.63) is 29.3 Å². The van der Waals surface area contributed by atoms with Crippen molar-refractivity contribution in [2.24, 2.45) is 0 Å². The molecule has 0 bridgehead atoms. The molecular formula is C9H8F2O4. The Morgan fingerprint density at radius 1 is 1.40 bits per heavy atom. The fourth-order valence-electron chi connectivity index (χ4n) is 1.04. The standard InChI is InChI=1S/C9H8F2O4/c1-15-7-3-5(10)4(2-6(7)11)8(12)9(13)14/h2-3,8,12H,1H3,(H,13,14)/t8-/m1/s1. The van der Waals surface area contributed by atoms with Gasteiger partial charge in [-0.05, 0) is 6.07 Å². The van der Waals surface area contributed by atoms with Crippen LogP contribution in [0.4, 0.5) is 8.78 Å². The highest BCUT2D eigenvalue weighted by atomic mass is 19.1. The number of hydrogen-bond donors (Lipinski definition) is 2. The summed E-state index contributed by atoms with van der Waals surface area (Å²) in [6.45, 7) is 0. The van der Waals surface area contributed by atoms with Gasteiger partial charge >= 0.3 is 5.97 Å². The molecule has 0 amide bonds. The zero-order chi connectivity index (χ0) is 11.6. The zero-order valence-corrected chi connectivity index (χ0v) is 7.70. The normalized spacial score (nSPS) is 12.3. The molecule has 1 aromatic rings. The minimum absolute atomic E-state index is 0.353. The van der Waals surface area contributed by atoms with Crippen LogP contribution in [0.5, 0.6) is 5.75 Å². The van der Waals surface area contributed by atoms with Crippen LogP contribution in [0.25, 0.3) is 0 Å². The third kappa shape index (κ3) is 2.21. The van der Waals surface area contributed by atoms with Crippen molar-refractivity contribution in [1.29, 1.82) is 0 Å². The minimum Gasteiger partial charge on any atom is -0.494 e. The van der Waals surface area contributed by atoms with Crippen molar-refractivity contribution in [2.45, 2.75) is 6.10 Å². The number of rotatable bonds is 3. The van der Waals surface area contributed by atoms with Gasteiger partial charge in [0, 0.05) is 11.6 Å². The zero-order valence-electron chi connectivity index (χ0n) is 7.70. The molecule has 1 aromatic carbocycles. The molecule has 2 N–H and O–H groups in total. The molecule has 0 fully saturated rings. The maximum Gasteiger partial charge on any atom is 0.337 e. The Morgan fingerprint density at radius 2 is 2.00 bits per heavy atom. The van der Waals surface area contributed by atoms with Gasteiger partial charge in [0.2, 0.25) is 0 Å². The number of methoxy groups -OCH3 is 1. The van der Waals surface area contributed by atoms with Crippen molar-refractivity contribution in [3.8, 4) is 5.75 Å². The molecular weight excluding hydrogens is 210 g/mol. The first kappa shape index (κ1) is 11.4. The monoisotopic (exact) mass is 218 g/mol. The maximum absolute atomic E-state index is 13.2. The lowest BCUT2D eigenvalue weighted by Gasteiger charge is -2.09. The highest BCUT2D eigenvalue weighted by Crippen LogP contribution is 2.25. The van der Waals surface area contributed by atoms with Crippen LogP contribution in [-0.4, -0.2) is 23.3 Å². The molecule has 0 spiro atoms. The number of carboxylic acids is 1. The topological polar surface area (TPSA) is 66.8 Å². The second-order valence-electron chi connectivity index (χ2n) is 2.75. The van der Waals surface area contributed by atoms with E-state index in [-0.39, 0.29) is 5.75 Å². The molecule has 1 atom stereocenters. The molecule has 0 heterocycles. The Hall–Kier alpha value is -1.69. The summed E-state index contributed by atoms with van der Waals surface area (Å²) >= 11 is 0. The smallest absolute Gasteiger partial charge is 0.337 e. The van der Waals surface area contributed by atoms with Crippen LogP contribution in [0.2, 0.25) is 0 Å². The molecule has 0 unspecified atom stereocenters. The summed E-state index contributed by atoms with van der Waals surface area (Å²) in [6.07, 6.45) is -2.09. The summed E-state index contributed by atoms with van der Waals surface area (Å²) in [5.74, 6) is -3.98. The number of halogens is 2. The van der Waals surface area contributed by atoms with Gasteiger partial charge < -0.3 is 14.9 Å². The predicted octanol–water partition coefficient (Wildman–Crippen LogP) is 1.09. The number of carbonyl (C=O) groups is 1. The van der Waals surface area contributed by atoms with E-state index in [0.717, 1.165) is 7.11 Å². The number of aliphatic hydroxyl groups is 1. The summed E-state index contributed by atoms with van der Waals surface area (Å²) in [7, 11) is 1.14. The molecule has 0 radical (unpaired) electrons. The van der Waals surface area contributed by atoms with Crippen LogP contribution < -0.4 is 4.74 Å². The molecule has 0 saturated heterocycles. The first-order chi connectivity index (χ1) is 6.97. The van der Waals surface area contributed by atoms with Gasteiger partial charge in [-0.25, -0.2) is 13.6 Å². The highest BCUT2D eigenvalue weighted by Gasteiger charge is 2.22. The lowest BCUT2D eigenvalue weighted by atomic mass is 10.1. The highest BCUT2D eigenvalue weighted by molar-refractivity contribution is 5.74. The number of ether oxygens (including phenoxy) is 1. The maximum atomic E-state index is 13.2. The van der Waals surface area contributed by atoms with Crippen LogP contribution in [0.3, 0.4) is 0 Å². The average molecular weight is 218 g/mol. The largest absolute Gasteiger partial charge is 0.494 e. The van der Waals surface area contributed by atoms with Crippen molar-refractivity contribution in [2.75, 3.05) is 7.11 Å². The molecule has 0 aliphatic rings. The van der Waals surface area contributed by atoms with Crippen molar-refractivity contribution >= 4 is 5.97 Å². The van der Waals surface area contributed by atoms with E-state index >= 15 is 0 Å². The van der Waals surface area contributed by atoms with Gasteiger partial charge in [-0.15, -0.1) is 0 Å². The Morgan fingerprint density at radius 3 is 2.47 bits per heavy atom. The fraction of sp³-hybridized carbons (Fsp3) is 0.222. The third-order valence-corrected chi connectivity index (χ3v) is 1.80. The van der Waals surface area contributed by atoms with Gasteiger partial charge in [0.1, 0.15) is 5.82 Å². The quantitative estimate of drug-likeness (QED) is 0.796. The van der Waals surface area contributed by atoms with Gasteiger partial charge in [0.05, 0.1) is 7.11 Å². The van der Waals surface area contributed by atoms with Crippen molar-refractivity contribution in [3.63, 3.8) is 0 Å². The van der Waals surface area contributed by atoms with E-state index in [1.54, 1.807) is 0 Å². The van der Waals surface area contributed by atoms with E-state index in [2.05, 4.69) is 4.74 Å². The number of benzene rings is 1. The Labute approximate surface area is 83.7 Å². The molecule has 4 nitrogen and oxygen atoms in total. The van der Waals surface area contributed by atoms with E-state index in [0.29, 0.717) is 12.1 Å². The molecule has 0 aromatic heterocycles. The number of carboxylic acid groups (broad SMARTS) is 1. The van der Waals surface area contributed by atoms with Crippen LogP contribution in [0.15, 0.2) is 12.1 Å². The number of aliphatic carboxylic acids is 1. The van der Waals surface area contributed by atoms with Gasteiger partial charge in [-0.3, -0.25) is 0 Å².